The largest absolute Gasteiger partial charge is 0.481 e. The lowest BCUT2D eigenvalue weighted by Crippen LogP contribution is -2.36. The van der Waals surface area contributed by atoms with Crippen molar-refractivity contribution in [3.05, 3.63) is 24.4 Å². The van der Waals surface area contributed by atoms with Gasteiger partial charge in [-0.3, -0.25) is 5.32 Å². The van der Waals surface area contributed by atoms with Gasteiger partial charge >= 0.3 is 12.1 Å². The summed E-state index contributed by atoms with van der Waals surface area (Å²) >= 11 is 0. The minimum Gasteiger partial charge on any atom is -0.481 e. The van der Waals surface area contributed by atoms with Crippen LogP contribution in [-0.4, -0.2) is 68.7 Å². The van der Waals surface area contributed by atoms with Crippen LogP contribution in [0.5, 0.6) is 17.5 Å². The smallest absolute Gasteiger partial charge is 0.414 e. The van der Waals surface area contributed by atoms with Gasteiger partial charge in [-0.15, -0.1) is 0 Å². The molecule has 0 aliphatic carbocycles. The van der Waals surface area contributed by atoms with E-state index in [1.807, 2.05) is 0 Å². The van der Waals surface area contributed by atoms with Crippen molar-refractivity contribution >= 4 is 28.1 Å². The summed E-state index contributed by atoms with van der Waals surface area (Å²) in [6, 6.07) is 2.76. The van der Waals surface area contributed by atoms with E-state index in [0.717, 1.165) is 11.1 Å². The zero-order valence-electron chi connectivity index (χ0n) is 15.9. The first-order valence-electron chi connectivity index (χ1n) is 7.81. The maximum absolute atomic E-state index is 12.5. The molecule has 13 nitrogen and oxygen atoms in total. The molecule has 0 saturated heterocycles. The Labute approximate surface area is 166 Å². The molecule has 0 aliphatic rings. The Morgan fingerprint density at radius 1 is 1.10 bits per heavy atom. The fourth-order valence-corrected chi connectivity index (χ4v) is 2.77. The zero-order chi connectivity index (χ0) is 21.6. The van der Waals surface area contributed by atoms with Gasteiger partial charge in [-0.25, -0.2) is 19.3 Å². The molecule has 0 bridgehead atoms. The average molecular weight is 426 g/mol. The fraction of sp³-hybridized carbons (Fsp3) is 0.267. The van der Waals surface area contributed by atoms with Gasteiger partial charge in [-0.05, 0) is 12.1 Å². The summed E-state index contributed by atoms with van der Waals surface area (Å²) in [6.07, 6.45) is 0.339. The number of urea groups is 1. The summed E-state index contributed by atoms with van der Waals surface area (Å²) < 4.78 is 41.6. The quantitative estimate of drug-likeness (QED) is 0.663. The van der Waals surface area contributed by atoms with Crippen LogP contribution in [0.25, 0.3) is 0 Å². The highest BCUT2D eigenvalue weighted by Crippen LogP contribution is 2.21. The van der Waals surface area contributed by atoms with Gasteiger partial charge in [0.1, 0.15) is 0 Å². The third-order valence-corrected chi connectivity index (χ3v) is 4.37. The summed E-state index contributed by atoms with van der Waals surface area (Å²) in [5, 5.41) is 1.48. The second-order valence-electron chi connectivity index (χ2n) is 5.40. The second-order valence-corrected chi connectivity index (χ2v) is 7.00. The van der Waals surface area contributed by atoms with Gasteiger partial charge in [0.2, 0.25) is 22.7 Å². The van der Waals surface area contributed by atoms with Crippen LogP contribution in [0.15, 0.2) is 29.4 Å². The number of carbonyl (C=O) groups is 2. The first-order valence-corrected chi connectivity index (χ1v) is 9.29. The van der Waals surface area contributed by atoms with Crippen LogP contribution in [0, 0.1) is 0 Å². The van der Waals surface area contributed by atoms with Crippen LogP contribution >= 0.6 is 0 Å². The number of aromatic nitrogens is 3. The van der Waals surface area contributed by atoms with Crippen LogP contribution in [0.1, 0.15) is 0 Å². The minimum atomic E-state index is -4.50. The van der Waals surface area contributed by atoms with Crippen LogP contribution in [0.4, 0.5) is 15.5 Å². The summed E-state index contributed by atoms with van der Waals surface area (Å²) in [4.78, 5) is 36.3. The van der Waals surface area contributed by atoms with Crippen LogP contribution in [0.3, 0.4) is 0 Å². The molecule has 0 spiro atoms. The SMILES string of the molecule is COc1cc(OC)nc(NC(=O)NS(=O)(=O)c2ncccc2OC(=O)N(C)C)n1. The Bertz CT molecular complexity index is 990. The number of hydrogen-bond donors (Lipinski definition) is 2. The molecular formula is C15H18N6O7S. The first kappa shape index (κ1) is 21.6. The molecule has 0 aromatic carbocycles. The average Bonchev–Trinajstić information content (AvgIpc) is 2.67. The molecule has 2 rings (SSSR count). The number of pyridine rings is 1. The van der Waals surface area contributed by atoms with Crippen LogP contribution in [0.2, 0.25) is 0 Å². The van der Waals surface area contributed by atoms with Crippen molar-refractivity contribution < 1.29 is 32.2 Å². The van der Waals surface area contributed by atoms with Crippen molar-refractivity contribution in [2.75, 3.05) is 33.6 Å². The maximum atomic E-state index is 12.5. The third kappa shape index (κ3) is 5.65. The molecule has 0 saturated carbocycles. The molecule has 0 atom stereocenters. The van der Waals surface area contributed by atoms with Crippen molar-refractivity contribution in [3.8, 4) is 17.5 Å². The van der Waals surface area contributed by atoms with Gasteiger partial charge in [0.25, 0.3) is 10.0 Å². The Morgan fingerprint density at radius 3 is 2.28 bits per heavy atom. The highest BCUT2D eigenvalue weighted by molar-refractivity contribution is 7.90. The van der Waals surface area contributed by atoms with Gasteiger partial charge in [0.15, 0.2) is 5.75 Å². The number of anilines is 1. The molecule has 29 heavy (non-hydrogen) atoms. The number of methoxy groups -OCH3 is 2. The van der Waals surface area contributed by atoms with E-state index >= 15 is 0 Å². The molecule has 156 valence electrons. The number of amides is 3. The Kier molecular flexibility index (Phi) is 6.71. The van der Waals surface area contributed by atoms with E-state index in [4.69, 9.17) is 14.2 Å². The highest BCUT2D eigenvalue weighted by atomic mass is 32.2. The van der Waals surface area contributed by atoms with Gasteiger partial charge < -0.3 is 19.1 Å². The molecule has 0 aliphatic heterocycles. The molecule has 0 radical (unpaired) electrons. The van der Waals surface area contributed by atoms with Crippen LogP contribution < -0.4 is 24.2 Å². The van der Waals surface area contributed by atoms with E-state index in [1.165, 1.54) is 46.5 Å². The normalized spacial score (nSPS) is 10.6. The second kappa shape index (κ2) is 9.01. The maximum Gasteiger partial charge on any atom is 0.414 e. The predicted octanol–water partition coefficient (Wildman–Crippen LogP) is 0.460. The molecule has 2 aromatic rings. The fourth-order valence-electron chi connectivity index (χ4n) is 1.81. The molecule has 2 heterocycles. The molecular weight excluding hydrogens is 408 g/mol. The Balaban J connectivity index is 2.22. The summed E-state index contributed by atoms with van der Waals surface area (Å²) in [7, 11) is 1.02. The topological polar surface area (TPSA) is 162 Å². The first-order chi connectivity index (χ1) is 13.7. The number of ether oxygens (including phenoxy) is 3. The Hall–Kier alpha value is -3.68. The number of hydrogen-bond acceptors (Lipinski definition) is 10. The van der Waals surface area contributed by atoms with Gasteiger partial charge in [-0.1, -0.05) is 0 Å². The standard InChI is InChI=1S/C15H18N6O7S/c1-21(2)15(23)28-9-6-5-7-16-12(9)29(24,25)20-14(22)19-13-17-10(26-3)8-11(18-13)27-4/h5-8H,1-4H3,(H2,17,18,19,20,22). The van der Waals surface area contributed by atoms with E-state index < -0.39 is 27.2 Å². The lowest BCUT2D eigenvalue weighted by molar-refractivity contribution is 0.170. The third-order valence-electron chi connectivity index (χ3n) is 3.10. The number of sulfonamides is 1. The monoisotopic (exact) mass is 426 g/mol. The summed E-state index contributed by atoms with van der Waals surface area (Å²) in [6.45, 7) is 0. The van der Waals surface area contributed by atoms with E-state index in [9.17, 15) is 18.0 Å². The lowest BCUT2D eigenvalue weighted by atomic mass is 10.5. The van der Waals surface area contributed by atoms with Crippen molar-refractivity contribution in [1.29, 1.82) is 0 Å². The number of nitrogens with one attached hydrogen (secondary N) is 2. The number of carbonyl (C=O) groups excluding carboxylic acids is 2. The van der Waals surface area contributed by atoms with E-state index in [2.05, 4.69) is 20.3 Å². The molecule has 2 N–H and O–H groups in total. The summed E-state index contributed by atoms with van der Waals surface area (Å²) in [5.74, 6) is -0.463. The van der Waals surface area contributed by atoms with E-state index in [0.29, 0.717) is 0 Å². The molecule has 14 heteroatoms. The molecule has 2 aromatic heterocycles. The number of rotatable bonds is 6. The van der Waals surface area contributed by atoms with Crippen molar-refractivity contribution in [2.24, 2.45) is 0 Å². The Morgan fingerprint density at radius 2 is 1.72 bits per heavy atom. The van der Waals surface area contributed by atoms with E-state index in [-0.39, 0.29) is 23.5 Å². The minimum absolute atomic E-state index is 0.0811. The van der Waals surface area contributed by atoms with Crippen molar-refractivity contribution in [3.63, 3.8) is 0 Å². The van der Waals surface area contributed by atoms with Crippen molar-refractivity contribution in [2.45, 2.75) is 5.03 Å². The van der Waals surface area contributed by atoms with Gasteiger partial charge in [0, 0.05) is 20.3 Å². The van der Waals surface area contributed by atoms with E-state index in [1.54, 1.807) is 4.72 Å². The molecule has 0 unspecified atom stereocenters. The molecule has 0 fully saturated rings. The lowest BCUT2D eigenvalue weighted by Gasteiger charge is -2.13. The molecule has 3 amide bonds. The summed E-state index contributed by atoms with van der Waals surface area (Å²) in [5.41, 5.74) is 0. The number of nitrogens with zero attached hydrogens (tertiary/aromatic N) is 4. The van der Waals surface area contributed by atoms with Crippen molar-refractivity contribution in [1.82, 2.24) is 24.6 Å². The van der Waals surface area contributed by atoms with Gasteiger partial charge in [-0.2, -0.15) is 18.4 Å². The zero-order valence-corrected chi connectivity index (χ0v) is 16.7. The van der Waals surface area contributed by atoms with Gasteiger partial charge in [0.05, 0.1) is 20.3 Å². The predicted molar refractivity (Wildman–Crippen MR) is 98.4 cm³/mol. The highest BCUT2D eigenvalue weighted by Gasteiger charge is 2.26. The van der Waals surface area contributed by atoms with Crippen LogP contribution in [-0.2, 0) is 10.0 Å².